The molecular weight excluding hydrogens is 440 g/mol. The van der Waals surface area contributed by atoms with Gasteiger partial charge in [0, 0.05) is 25.5 Å². The summed E-state index contributed by atoms with van der Waals surface area (Å²) in [7, 11) is 1.41. The van der Waals surface area contributed by atoms with Gasteiger partial charge in [-0.15, -0.1) is 0 Å². The summed E-state index contributed by atoms with van der Waals surface area (Å²) in [5.74, 6) is -1.17. The second-order valence-corrected chi connectivity index (χ2v) is 7.17. The van der Waals surface area contributed by atoms with Crippen LogP contribution in [0.25, 0.3) is 0 Å². The molecule has 0 bridgehead atoms. The third-order valence-electron chi connectivity index (χ3n) is 4.07. The molecule has 2 aromatic carbocycles. The van der Waals surface area contributed by atoms with Gasteiger partial charge in [0.15, 0.2) is 5.69 Å². The summed E-state index contributed by atoms with van der Waals surface area (Å²) in [6.45, 7) is 0.139. The Labute approximate surface area is 180 Å². The van der Waals surface area contributed by atoms with E-state index in [2.05, 4.69) is 15.3 Å². The number of halogens is 5. The Morgan fingerprint density at radius 2 is 1.80 bits per heavy atom. The molecule has 0 aliphatic carbocycles. The molecule has 3 rings (SSSR count). The molecule has 1 amide bonds. The maximum Gasteiger partial charge on any atom is 0.434 e. The van der Waals surface area contributed by atoms with E-state index in [1.165, 1.54) is 30.1 Å². The predicted molar refractivity (Wildman–Crippen MR) is 109 cm³/mol. The first-order valence-electron chi connectivity index (χ1n) is 8.61. The number of benzene rings is 2. The molecule has 3 aromatic rings. The van der Waals surface area contributed by atoms with E-state index in [0.29, 0.717) is 10.7 Å². The lowest BCUT2D eigenvalue weighted by Gasteiger charge is -2.20. The number of hydrogen-bond donors (Lipinski definition) is 1. The van der Waals surface area contributed by atoms with Gasteiger partial charge in [0.2, 0.25) is 5.95 Å². The highest BCUT2D eigenvalue weighted by molar-refractivity contribution is 6.42. The normalized spacial score (nSPS) is 11.3. The second-order valence-electron chi connectivity index (χ2n) is 6.35. The maximum absolute atomic E-state index is 13.6. The number of anilines is 2. The van der Waals surface area contributed by atoms with E-state index < -0.39 is 23.3 Å². The van der Waals surface area contributed by atoms with E-state index in [4.69, 9.17) is 23.2 Å². The van der Waals surface area contributed by atoms with Crippen LogP contribution in [-0.4, -0.2) is 27.8 Å². The summed E-state index contributed by atoms with van der Waals surface area (Å²) in [5.41, 5.74) is -0.843. The van der Waals surface area contributed by atoms with Crippen LogP contribution in [0.1, 0.15) is 21.6 Å². The minimum Gasteiger partial charge on any atom is -0.337 e. The van der Waals surface area contributed by atoms with Gasteiger partial charge in [-0.25, -0.2) is 9.97 Å². The highest BCUT2D eigenvalue weighted by Gasteiger charge is 2.38. The van der Waals surface area contributed by atoms with Gasteiger partial charge in [0.05, 0.1) is 15.6 Å². The largest absolute Gasteiger partial charge is 0.434 e. The van der Waals surface area contributed by atoms with Crippen molar-refractivity contribution in [2.24, 2.45) is 0 Å². The van der Waals surface area contributed by atoms with Crippen molar-refractivity contribution in [1.29, 1.82) is 0 Å². The molecule has 0 radical (unpaired) electrons. The first kappa shape index (κ1) is 21.9. The molecule has 1 heterocycles. The highest BCUT2D eigenvalue weighted by Crippen LogP contribution is 2.32. The SMILES string of the molecule is CN(Cc1ccccc1)C(=O)c1cnc(Nc2ccc(Cl)c(Cl)c2)nc1C(F)(F)F. The summed E-state index contributed by atoms with van der Waals surface area (Å²) < 4.78 is 40.8. The summed E-state index contributed by atoms with van der Waals surface area (Å²) >= 11 is 11.7. The molecule has 0 unspecified atom stereocenters. The Kier molecular flexibility index (Phi) is 6.48. The van der Waals surface area contributed by atoms with Crippen molar-refractivity contribution >= 4 is 40.7 Å². The van der Waals surface area contributed by atoms with Crippen molar-refractivity contribution in [3.05, 3.63) is 81.6 Å². The van der Waals surface area contributed by atoms with Gasteiger partial charge in [-0.05, 0) is 23.8 Å². The zero-order chi connectivity index (χ0) is 21.9. The molecule has 1 N–H and O–H groups in total. The summed E-state index contributed by atoms with van der Waals surface area (Å²) in [5, 5.41) is 3.14. The molecule has 0 aliphatic heterocycles. The Bertz CT molecular complexity index is 1060. The van der Waals surface area contributed by atoms with Crippen LogP contribution in [0, 0.1) is 0 Å². The number of alkyl halides is 3. The van der Waals surface area contributed by atoms with Crippen molar-refractivity contribution < 1.29 is 18.0 Å². The van der Waals surface area contributed by atoms with Gasteiger partial charge in [-0.2, -0.15) is 13.2 Å². The number of hydrogen-bond acceptors (Lipinski definition) is 4. The molecule has 5 nitrogen and oxygen atoms in total. The number of aromatic nitrogens is 2. The number of carbonyl (C=O) groups excluding carboxylic acids is 1. The molecule has 0 atom stereocenters. The average molecular weight is 455 g/mol. The second kappa shape index (κ2) is 8.89. The monoisotopic (exact) mass is 454 g/mol. The van der Waals surface area contributed by atoms with Crippen LogP contribution >= 0.6 is 23.2 Å². The predicted octanol–water partition coefficient (Wildman–Crippen LogP) is 5.82. The third-order valence-corrected chi connectivity index (χ3v) is 4.81. The topological polar surface area (TPSA) is 58.1 Å². The minimum absolute atomic E-state index is 0.139. The number of rotatable bonds is 5. The number of amides is 1. The van der Waals surface area contributed by atoms with Gasteiger partial charge < -0.3 is 10.2 Å². The number of nitrogens with one attached hydrogen (secondary N) is 1. The molecule has 0 saturated carbocycles. The van der Waals surface area contributed by atoms with E-state index in [-0.39, 0.29) is 17.5 Å². The molecule has 1 aromatic heterocycles. The summed E-state index contributed by atoms with van der Waals surface area (Å²) in [4.78, 5) is 21.2. The molecule has 30 heavy (non-hydrogen) atoms. The van der Waals surface area contributed by atoms with Crippen LogP contribution in [0.15, 0.2) is 54.7 Å². The summed E-state index contributed by atoms with van der Waals surface area (Å²) in [6.07, 6.45) is -3.99. The van der Waals surface area contributed by atoms with Crippen molar-refractivity contribution in [3.63, 3.8) is 0 Å². The van der Waals surface area contributed by atoms with E-state index in [1.807, 2.05) is 0 Å². The molecule has 10 heteroatoms. The fourth-order valence-electron chi connectivity index (χ4n) is 2.65. The van der Waals surface area contributed by atoms with Crippen molar-refractivity contribution in [2.75, 3.05) is 12.4 Å². The van der Waals surface area contributed by atoms with E-state index in [9.17, 15) is 18.0 Å². The van der Waals surface area contributed by atoms with Gasteiger partial charge in [-0.1, -0.05) is 53.5 Å². The third kappa shape index (κ3) is 5.20. The van der Waals surface area contributed by atoms with Crippen LogP contribution in [0.3, 0.4) is 0 Å². The van der Waals surface area contributed by atoms with Gasteiger partial charge in [-0.3, -0.25) is 4.79 Å². The summed E-state index contributed by atoms with van der Waals surface area (Å²) in [6, 6.07) is 13.3. The number of nitrogens with zero attached hydrogens (tertiary/aromatic N) is 3. The molecular formula is C20H15Cl2F3N4O. The molecule has 156 valence electrons. The van der Waals surface area contributed by atoms with Crippen LogP contribution in [0.4, 0.5) is 24.8 Å². The van der Waals surface area contributed by atoms with E-state index in [1.54, 1.807) is 30.3 Å². The average Bonchev–Trinajstić information content (AvgIpc) is 2.70. The van der Waals surface area contributed by atoms with Crippen molar-refractivity contribution in [3.8, 4) is 0 Å². The molecule has 0 aliphatic rings. The molecule has 0 fully saturated rings. The zero-order valence-electron chi connectivity index (χ0n) is 15.5. The Morgan fingerprint density at radius 1 is 1.10 bits per heavy atom. The lowest BCUT2D eigenvalue weighted by molar-refractivity contribution is -0.141. The van der Waals surface area contributed by atoms with Gasteiger partial charge >= 0.3 is 6.18 Å². The van der Waals surface area contributed by atoms with Gasteiger partial charge in [0.1, 0.15) is 0 Å². The molecule has 0 spiro atoms. The standard InChI is InChI=1S/C20H15Cl2F3N4O/c1-29(11-12-5-3-2-4-6-12)18(30)14-10-26-19(28-17(14)20(23,24)25)27-13-7-8-15(21)16(22)9-13/h2-10H,11H2,1H3,(H,26,27,28). The lowest BCUT2D eigenvalue weighted by Crippen LogP contribution is -2.29. The Hall–Kier alpha value is -2.84. The fourth-order valence-corrected chi connectivity index (χ4v) is 2.95. The quantitative estimate of drug-likeness (QED) is 0.527. The van der Waals surface area contributed by atoms with Crippen molar-refractivity contribution in [1.82, 2.24) is 14.9 Å². The van der Waals surface area contributed by atoms with Crippen LogP contribution in [-0.2, 0) is 12.7 Å². The minimum atomic E-state index is -4.85. The smallest absolute Gasteiger partial charge is 0.337 e. The lowest BCUT2D eigenvalue weighted by atomic mass is 10.1. The van der Waals surface area contributed by atoms with Crippen LogP contribution < -0.4 is 5.32 Å². The zero-order valence-corrected chi connectivity index (χ0v) is 17.1. The van der Waals surface area contributed by atoms with Crippen molar-refractivity contribution in [2.45, 2.75) is 12.7 Å². The van der Waals surface area contributed by atoms with Crippen LogP contribution in [0.5, 0.6) is 0 Å². The first-order valence-corrected chi connectivity index (χ1v) is 9.36. The molecule has 0 saturated heterocycles. The van der Waals surface area contributed by atoms with E-state index in [0.717, 1.165) is 11.8 Å². The highest BCUT2D eigenvalue weighted by atomic mass is 35.5. The Morgan fingerprint density at radius 3 is 2.43 bits per heavy atom. The van der Waals surface area contributed by atoms with Crippen LogP contribution in [0.2, 0.25) is 10.0 Å². The fraction of sp³-hybridized carbons (Fsp3) is 0.150. The maximum atomic E-state index is 13.6. The van der Waals surface area contributed by atoms with Gasteiger partial charge in [0.25, 0.3) is 5.91 Å². The number of carbonyl (C=O) groups is 1. The first-order chi connectivity index (χ1) is 14.1. The van der Waals surface area contributed by atoms with E-state index >= 15 is 0 Å². The Balaban J connectivity index is 1.89.